The highest BCUT2D eigenvalue weighted by Crippen LogP contribution is 2.24. The molecule has 11 heavy (non-hydrogen) atoms. The maximum absolute atomic E-state index is 9.91. The van der Waals surface area contributed by atoms with Crippen molar-refractivity contribution in [2.24, 2.45) is 0 Å². The van der Waals surface area contributed by atoms with Crippen molar-refractivity contribution in [3.8, 4) is 0 Å². The van der Waals surface area contributed by atoms with Gasteiger partial charge < -0.3 is 18.9 Å². The Labute approximate surface area is 66.8 Å². The summed E-state index contributed by atoms with van der Waals surface area (Å²) in [5.41, 5.74) is 0. The Morgan fingerprint density at radius 3 is 2.36 bits per heavy atom. The lowest BCUT2D eigenvalue weighted by atomic mass is 10.2. The topological polar surface area (TPSA) is 72.4 Å². The molecule has 0 unspecified atom stereocenters. The Balaban J connectivity index is 3.09. The predicted molar refractivity (Wildman–Crippen MR) is 37.7 cm³/mol. The van der Waals surface area contributed by atoms with E-state index in [1.807, 2.05) is 6.92 Å². The molecule has 0 saturated carbocycles. The van der Waals surface area contributed by atoms with E-state index >= 15 is 0 Å². The van der Waals surface area contributed by atoms with Crippen molar-refractivity contribution in [2.75, 3.05) is 6.61 Å². The third-order valence-corrected chi connectivity index (χ3v) is 1.75. The van der Waals surface area contributed by atoms with E-state index in [-0.39, 0.29) is 6.61 Å². The lowest BCUT2D eigenvalue weighted by Gasteiger charge is -2.28. The van der Waals surface area contributed by atoms with E-state index in [9.17, 15) is 14.4 Å². The van der Waals surface area contributed by atoms with Crippen molar-refractivity contribution in [3.63, 3.8) is 0 Å². The molecule has 4 nitrogen and oxygen atoms in total. The number of phosphoric ester groups is 1. The minimum absolute atomic E-state index is 0.0320. The van der Waals surface area contributed by atoms with E-state index in [1.165, 1.54) is 0 Å². The van der Waals surface area contributed by atoms with Crippen LogP contribution >= 0.6 is 7.82 Å². The van der Waals surface area contributed by atoms with Gasteiger partial charge in [-0.1, -0.05) is 26.2 Å². The molecule has 0 atom stereocenters. The first-order valence-electron chi connectivity index (χ1n) is 3.73. The van der Waals surface area contributed by atoms with Gasteiger partial charge in [0.15, 0.2) is 0 Å². The Hall–Kier alpha value is 0.110. The molecule has 0 aliphatic rings. The van der Waals surface area contributed by atoms with Crippen LogP contribution in [0.5, 0.6) is 0 Å². The lowest BCUT2D eigenvalue weighted by molar-refractivity contribution is -0.341. The second-order valence-electron chi connectivity index (χ2n) is 2.34. The quantitative estimate of drug-likeness (QED) is 0.438. The highest BCUT2D eigenvalue weighted by molar-refractivity contribution is 7.43. The van der Waals surface area contributed by atoms with Crippen LogP contribution in [0, 0.1) is 0 Å². The first kappa shape index (κ1) is 11.1. The van der Waals surface area contributed by atoms with E-state index in [2.05, 4.69) is 4.52 Å². The Morgan fingerprint density at radius 2 is 1.91 bits per heavy atom. The van der Waals surface area contributed by atoms with Gasteiger partial charge in [-0.15, -0.1) is 0 Å². The average Bonchev–Trinajstić information content (AvgIpc) is 1.85. The highest BCUT2D eigenvalue weighted by Gasteiger charge is 1.91. The van der Waals surface area contributed by atoms with Crippen LogP contribution in [0.2, 0.25) is 0 Å². The van der Waals surface area contributed by atoms with E-state index in [1.54, 1.807) is 0 Å². The summed E-state index contributed by atoms with van der Waals surface area (Å²) < 4.78 is 13.9. The Bertz CT molecular complexity index is 131. The maximum Gasteiger partial charge on any atom is 0.0596 e. The van der Waals surface area contributed by atoms with Crippen LogP contribution in [0.3, 0.4) is 0 Å². The molecule has 0 aliphatic carbocycles. The largest absolute Gasteiger partial charge is 0.790 e. The zero-order valence-electron chi connectivity index (χ0n) is 6.62. The minimum Gasteiger partial charge on any atom is -0.790 e. The molecule has 0 spiro atoms. The van der Waals surface area contributed by atoms with E-state index in [0.717, 1.165) is 19.3 Å². The fourth-order valence-electron chi connectivity index (χ4n) is 0.705. The molecule has 0 aromatic carbocycles. The zero-order chi connectivity index (χ0) is 8.74. The minimum atomic E-state index is -4.71. The van der Waals surface area contributed by atoms with Crippen LogP contribution in [0.1, 0.15) is 32.6 Å². The molecule has 0 aromatic rings. The SMILES string of the molecule is CCCCCCOP(=O)([O-])[O-]. The van der Waals surface area contributed by atoms with Crippen LogP contribution in [0.25, 0.3) is 0 Å². The summed E-state index contributed by atoms with van der Waals surface area (Å²) in [5, 5.41) is 0. The molecule has 0 rings (SSSR count). The summed E-state index contributed by atoms with van der Waals surface area (Å²) in [6, 6.07) is 0. The smallest absolute Gasteiger partial charge is 0.0596 e. The van der Waals surface area contributed by atoms with Crippen molar-refractivity contribution in [1.29, 1.82) is 0 Å². The van der Waals surface area contributed by atoms with Gasteiger partial charge in [-0.25, -0.2) is 0 Å². The van der Waals surface area contributed by atoms with Crippen molar-refractivity contribution < 1.29 is 18.9 Å². The van der Waals surface area contributed by atoms with Gasteiger partial charge in [0, 0.05) is 0 Å². The van der Waals surface area contributed by atoms with Gasteiger partial charge in [-0.3, -0.25) is 0 Å². The fraction of sp³-hybridized carbons (Fsp3) is 1.00. The number of rotatable bonds is 6. The van der Waals surface area contributed by atoms with E-state index in [4.69, 9.17) is 0 Å². The van der Waals surface area contributed by atoms with Crippen LogP contribution in [-0.4, -0.2) is 6.61 Å². The second-order valence-corrected chi connectivity index (χ2v) is 3.49. The molecule has 0 amide bonds. The van der Waals surface area contributed by atoms with Crippen molar-refractivity contribution in [3.05, 3.63) is 0 Å². The van der Waals surface area contributed by atoms with Gasteiger partial charge in [-0.2, -0.15) is 0 Å². The summed E-state index contributed by atoms with van der Waals surface area (Å²) in [5.74, 6) is 0. The average molecular weight is 180 g/mol. The molecule has 0 aliphatic heterocycles. The third kappa shape index (κ3) is 10.1. The van der Waals surface area contributed by atoms with Gasteiger partial charge in [0.2, 0.25) is 0 Å². The highest BCUT2D eigenvalue weighted by atomic mass is 31.2. The third-order valence-electron chi connectivity index (χ3n) is 1.25. The molecular formula is C6H13O4P-2. The Morgan fingerprint density at radius 1 is 1.27 bits per heavy atom. The molecule has 0 fully saturated rings. The summed E-state index contributed by atoms with van der Waals surface area (Å²) in [7, 11) is -4.71. The van der Waals surface area contributed by atoms with Crippen molar-refractivity contribution in [1.82, 2.24) is 0 Å². The van der Waals surface area contributed by atoms with E-state index < -0.39 is 7.82 Å². The summed E-state index contributed by atoms with van der Waals surface area (Å²) in [6.45, 7) is 2.08. The van der Waals surface area contributed by atoms with Crippen LogP contribution in [-0.2, 0) is 9.09 Å². The lowest BCUT2D eigenvalue weighted by Crippen LogP contribution is -2.16. The molecule has 0 bridgehead atoms. The molecule has 0 N–H and O–H groups in total. The molecule has 0 heterocycles. The predicted octanol–water partition coefficient (Wildman–Crippen LogP) is 0.412. The summed E-state index contributed by atoms with van der Waals surface area (Å²) in [6.07, 6.45) is 3.68. The number of unbranched alkanes of at least 4 members (excludes halogenated alkanes) is 3. The molecule has 0 radical (unpaired) electrons. The number of hydrogen-bond acceptors (Lipinski definition) is 4. The first-order valence-corrected chi connectivity index (χ1v) is 5.19. The van der Waals surface area contributed by atoms with Crippen LogP contribution in [0.4, 0.5) is 0 Å². The summed E-state index contributed by atoms with van der Waals surface area (Å²) in [4.78, 5) is 19.8. The number of phosphoric acid groups is 1. The molecular weight excluding hydrogens is 167 g/mol. The van der Waals surface area contributed by atoms with Gasteiger partial charge in [0.25, 0.3) is 0 Å². The van der Waals surface area contributed by atoms with Crippen LogP contribution < -0.4 is 9.79 Å². The molecule has 0 saturated heterocycles. The standard InChI is InChI=1S/C6H15O4P/c1-2-3-4-5-6-10-11(7,8)9/h2-6H2,1H3,(H2,7,8,9)/p-2. The second kappa shape index (κ2) is 5.72. The fourth-order valence-corrected chi connectivity index (χ4v) is 1.06. The van der Waals surface area contributed by atoms with E-state index in [0.29, 0.717) is 6.42 Å². The normalized spacial score (nSPS) is 11.9. The van der Waals surface area contributed by atoms with Gasteiger partial charge >= 0.3 is 0 Å². The monoisotopic (exact) mass is 180 g/mol. The molecule has 68 valence electrons. The molecule has 0 aromatic heterocycles. The number of hydrogen-bond donors (Lipinski definition) is 0. The summed E-state index contributed by atoms with van der Waals surface area (Å²) >= 11 is 0. The first-order chi connectivity index (χ1) is 5.06. The van der Waals surface area contributed by atoms with Gasteiger partial charge in [0.1, 0.15) is 0 Å². The van der Waals surface area contributed by atoms with Crippen molar-refractivity contribution in [2.45, 2.75) is 32.6 Å². The Kier molecular flexibility index (Phi) is 5.78. The van der Waals surface area contributed by atoms with Crippen LogP contribution in [0.15, 0.2) is 0 Å². The van der Waals surface area contributed by atoms with Crippen molar-refractivity contribution >= 4 is 7.82 Å². The maximum atomic E-state index is 9.91. The van der Waals surface area contributed by atoms with Gasteiger partial charge in [-0.05, 0) is 6.42 Å². The van der Waals surface area contributed by atoms with Gasteiger partial charge in [0.05, 0.1) is 14.4 Å². The molecule has 5 heteroatoms. The zero-order valence-corrected chi connectivity index (χ0v) is 7.51.